The smallest absolute Gasteiger partial charge is 0.229 e. The molecule has 180 valence electrons. The van der Waals surface area contributed by atoms with Gasteiger partial charge in [0.1, 0.15) is 17.4 Å². The zero-order chi connectivity index (χ0) is 23.7. The lowest BCUT2D eigenvalue weighted by molar-refractivity contribution is 0.0994. The molecule has 34 heavy (non-hydrogen) atoms. The normalized spacial score (nSPS) is 19.9. The molecule has 2 fully saturated rings. The van der Waals surface area contributed by atoms with Crippen molar-refractivity contribution >= 4 is 41.4 Å². The minimum absolute atomic E-state index is 0.200. The fraction of sp³-hybridized carbons (Fsp3) is 0.478. The van der Waals surface area contributed by atoms with Crippen molar-refractivity contribution in [3.8, 4) is 11.3 Å². The van der Waals surface area contributed by atoms with Gasteiger partial charge in [0, 0.05) is 45.3 Å². The van der Waals surface area contributed by atoms with E-state index >= 15 is 0 Å². The highest BCUT2D eigenvalue weighted by molar-refractivity contribution is 7.80. The number of hydrogen-bond acceptors (Lipinski definition) is 11. The Morgan fingerprint density at radius 1 is 1.09 bits per heavy atom. The van der Waals surface area contributed by atoms with E-state index in [4.69, 9.17) is 24.7 Å². The minimum Gasteiger partial charge on any atom is -0.374 e. The van der Waals surface area contributed by atoms with Gasteiger partial charge in [-0.3, -0.25) is 0 Å². The number of aliphatic hydroxyl groups is 1. The lowest BCUT2D eigenvalue weighted by atomic mass is 10.1. The second-order valence-corrected chi connectivity index (χ2v) is 9.11. The molecule has 0 saturated carbocycles. The summed E-state index contributed by atoms with van der Waals surface area (Å²) in [6.07, 6.45) is -0.750. The van der Waals surface area contributed by atoms with E-state index in [-0.39, 0.29) is 5.44 Å². The van der Waals surface area contributed by atoms with Crippen LogP contribution in [0.2, 0.25) is 0 Å². The van der Waals surface area contributed by atoms with Gasteiger partial charge in [-0.2, -0.15) is 9.97 Å². The molecular weight excluding hydrogens is 452 g/mol. The van der Waals surface area contributed by atoms with E-state index in [9.17, 15) is 5.11 Å². The number of rotatable bonds is 5. The molecular formula is C23H30N8O2S. The van der Waals surface area contributed by atoms with Crippen LogP contribution in [-0.2, 0) is 4.74 Å². The van der Waals surface area contributed by atoms with Crippen molar-refractivity contribution in [2.45, 2.75) is 18.6 Å². The molecule has 2 aromatic heterocycles. The number of fused-ring (bicyclic) bond motifs is 1. The number of nitrogens with one attached hydrogen (secondary N) is 1. The molecule has 2 saturated heterocycles. The zero-order valence-electron chi connectivity index (χ0n) is 19.4. The number of piperazine rings is 1. The molecule has 2 atom stereocenters. The Bertz CT molecular complexity index is 1140. The summed E-state index contributed by atoms with van der Waals surface area (Å²) in [7, 11) is 1.80. The Labute approximate surface area is 204 Å². The lowest BCUT2D eigenvalue weighted by Gasteiger charge is -2.33. The summed E-state index contributed by atoms with van der Waals surface area (Å²) >= 11 is 4.53. The summed E-state index contributed by atoms with van der Waals surface area (Å²) in [6, 6.07) is 9.99. The first kappa shape index (κ1) is 23.0. The molecule has 3 aromatic rings. The van der Waals surface area contributed by atoms with Crippen LogP contribution in [0.5, 0.6) is 0 Å². The van der Waals surface area contributed by atoms with Crippen LogP contribution in [0, 0.1) is 0 Å². The molecule has 0 aliphatic carbocycles. The van der Waals surface area contributed by atoms with Crippen molar-refractivity contribution < 1.29 is 9.84 Å². The Hall–Kier alpha value is -2.73. The third kappa shape index (κ3) is 4.61. The first-order valence-corrected chi connectivity index (χ1v) is 12.1. The van der Waals surface area contributed by atoms with E-state index in [0.717, 1.165) is 43.3 Å². The average Bonchev–Trinajstić information content (AvgIpc) is 2.87. The molecule has 5 rings (SSSR count). The van der Waals surface area contributed by atoms with Gasteiger partial charge in [-0.15, -0.1) is 12.6 Å². The number of anilines is 3. The second kappa shape index (κ2) is 9.87. The van der Waals surface area contributed by atoms with E-state index in [0.29, 0.717) is 42.6 Å². The van der Waals surface area contributed by atoms with Crippen LogP contribution in [0.3, 0.4) is 0 Å². The number of hydrogen-bond donors (Lipinski definition) is 3. The monoisotopic (exact) mass is 482 g/mol. The summed E-state index contributed by atoms with van der Waals surface area (Å²) in [5.74, 6) is 1.90. The molecule has 2 N–H and O–H groups in total. The van der Waals surface area contributed by atoms with E-state index in [1.807, 2.05) is 30.3 Å². The van der Waals surface area contributed by atoms with Crippen LogP contribution in [-0.4, -0.2) is 89.6 Å². The van der Waals surface area contributed by atoms with E-state index in [2.05, 4.69) is 27.7 Å². The molecule has 1 aromatic carbocycles. The molecule has 10 nitrogen and oxygen atoms in total. The van der Waals surface area contributed by atoms with Crippen LogP contribution in [0.25, 0.3) is 22.4 Å². The number of aliphatic hydroxyl groups excluding tert-OH is 1. The van der Waals surface area contributed by atoms with Crippen LogP contribution < -0.4 is 20.0 Å². The number of ether oxygens (including phenoxy) is 1. The Balaban J connectivity index is 1.72. The third-order valence-corrected chi connectivity index (χ3v) is 6.48. The quantitative estimate of drug-likeness (QED) is 0.365. The van der Waals surface area contributed by atoms with Gasteiger partial charge in [0.2, 0.25) is 5.95 Å². The predicted octanol–water partition coefficient (Wildman–Crippen LogP) is 1.36. The van der Waals surface area contributed by atoms with Crippen molar-refractivity contribution in [2.24, 2.45) is 0 Å². The summed E-state index contributed by atoms with van der Waals surface area (Å²) in [5, 5.41) is 13.7. The SMILES string of the molecule is CC(O)N(C)c1nc(N2CCNCC2)nc2nc(N3CCOC(S)C3)c(-c3ccccc3)nc12. The highest BCUT2D eigenvalue weighted by atomic mass is 32.1. The third-order valence-electron chi connectivity index (χ3n) is 6.17. The molecule has 0 radical (unpaired) electrons. The number of benzene rings is 1. The summed E-state index contributed by atoms with van der Waals surface area (Å²) in [6.45, 7) is 6.89. The maximum Gasteiger partial charge on any atom is 0.229 e. The van der Waals surface area contributed by atoms with Gasteiger partial charge in [0.15, 0.2) is 22.8 Å². The standard InChI is InChI=1S/C23H30N8O2S/c1-15(32)29(2)21-19-20(27-23(28-21)30-10-8-24-9-11-30)26-22(31-12-13-33-17(34)14-31)18(25-19)16-6-4-3-5-7-16/h3-7,15,17,24,32,34H,8-14H2,1-2H3. The van der Waals surface area contributed by atoms with Gasteiger partial charge in [0.05, 0.1) is 13.2 Å². The van der Waals surface area contributed by atoms with Gasteiger partial charge in [0.25, 0.3) is 0 Å². The first-order chi connectivity index (χ1) is 16.5. The minimum atomic E-state index is -0.750. The second-order valence-electron chi connectivity index (χ2n) is 8.53. The fourth-order valence-corrected chi connectivity index (χ4v) is 4.48. The molecule has 2 unspecified atom stereocenters. The van der Waals surface area contributed by atoms with Crippen LogP contribution in [0.1, 0.15) is 6.92 Å². The Morgan fingerprint density at radius 2 is 1.85 bits per heavy atom. The Morgan fingerprint density at radius 3 is 2.56 bits per heavy atom. The van der Waals surface area contributed by atoms with Crippen LogP contribution in [0.4, 0.5) is 17.6 Å². The van der Waals surface area contributed by atoms with Crippen molar-refractivity contribution in [3.63, 3.8) is 0 Å². The van der Waals surface area contributed by atoms with Gasteiger partial charge in [-0.25, -0.2) is 9.97 Å². The van der Waals surface area contributed by atoms with Gasteiger partial charge in [-0.1, -0.05) is 30.3 Å². The zero-order valence-corrected chi connectivity index (χ0v) is 20.3. The lowest BCUT2D eigenvalue weighted by Crippen LogP contribution is -2.44. The highest BCUT2D eigenvalue weighted by Gasteiger charge is 2.27. The Kier molecular flexibility index (Phi) is 6.68. The number of morpholine rings is 1. The maximum absolute atomic E-state index is 10.4. The number of nitrogens with zero attached hydrogens (tertiary/aromatic N) is 7. The van der Waals surface area contributed by atoms with Crippen molar-refractivity contribution in [3.05, 3.63) is 30.3 Å². The molecule has 4 heterocycles. The molecule has 0 bridgehead atoms. The van der Waals surface area contributed by atoms with E-state index in [1.54, 1.807) is 18.9 Å². The summed E-state index contributed by atoms with van der Waals surface area (Å²) in [5.41, 5.74) is 2.55. The molecule has 0 amide bonds. The maximum atomic E-state index is 10.4. The topological polar surface area (TPSA) is 103 Å². The predicted molar refractivity (Wildman–Crippen MR) is 137 cm³/mol. The molecule has 11 heteroatoms. The van der Waals surface area contributed by atoms with Crippen molar-refractivity contribution in [2.75, 3.05) is 67.6 Å². The summed E-state index contributed by atoms with van der Waals surface area (Å²) < 4.78 is 5.64. The first-order valence-electron chi connectivity index (χ1n) is 11.6. The van der Waals surface area contributed by atoms with E-state index < -0.39 is 6.23 Å². The largest absolute Gasteiger partial charge is 0.374 e. The van der Waals surface area contributed by atoms with Crippen LogP contribution >= 0.6 is 12.6 Å². The van der Waals surface area contributed by atoms with Gasteiger partial charge in [-0.05, 0) is 6.92 Å². The molecule has 2 aliphatic heterocycles. The van der Waals surface area contributed by atoms with Crippen molar-refractivity contribution in [1.29, 1.82) is 0 Å². The van der Waals surface area contributed by atoms with Crippen LogP contribution in [0.15, 0.2) is 30.3 Å². The number of aromatic nitrogens is 4. The number of thiol groups is 1. The van der Waals surface area contributed by atoms with Crippen molar-refractivity contribution in [1.82, 2.24) is 25.3 Å². The average molecular weight is 483 g/mol. The highest BCUT2D eigenvalue weighted by Crippen LogP contribution is 2.34. The van der Waals surface area contributed by atoms with Gasteiger partial charge >= 0.3 is 0 Å². The molecule has 0 spiro atoms. The molecule has 2 aliphatic rings. The summed E-state index contributed by atoms with van der Waals surface area (Å²) in [4.78, 5) is 25.8. The van der Waals surface area contributed by atoms with Gasteiger partial charge < -0.3 is 29.9 Å². The van der Waals surface area contributed by atoms with E-state index in [1.165, 1.54) is 0 Å². The fourth-order valence-electron chi connectivity index (χ4n) is 4.18.